The fourth-order valence-electron chi connectivity index (χ4n) is 3.37. The molecule has 1 N–H and O–H groups in total. The van der Waals surface area contributed by atoms with Gasteiger partial charge in [-0.15, -0.1) is 0 Å². The molecule has 0 amide bonds. The highest BCUT2D eigenvalue weighted by atomic mass is 16.3. The maximum Gasteiger partial charge on any atom is 0.128 e. The summed E-state index contributed by atoms with van der Waals surface area (Å²) in [6.45, 7) is 5.52. The van der Waals surface area contributed by atoms with E-state index in [-0.39, 0.29) is 5.75 Å². The lowest BCUT2D eigenvalue weighted by molar-refractivity contribution is 0.238. The van der Waals surface area contributed by atoms with E-state index in [1.54, 1.807) is 18.6 Å². The highest BCUT2D eigenvalue weighted by molar-refractivity contribution is 5.84. The lowest BCUT2D eigenvalue weighted by Crippen LogP contribution is -2.23. The van der Waals surface area contributed by atoms with Gasteiger partial charge in [-0.2, -0.15) is 0 Å². The molecular formula is C25H31N5O. The summed E-state index contributed by atoms with van der Waals surface area (Å²) in [7, 11) is 4.05. The Morgan fingerprint density at radius 3 is 2.13 bits per heavy atom. The lowest BCUT2D eigenvalue weighted by Gasteiger charge is -2.23. The van der Waals surface area contributed by atoms with Crippen molar-refractivity contribution >= 4 is 6.21 Å². The van der Waals surface area contributed by atoms with Gasteiger partial charge in [0.25, 0.3) is 0 Å². The molecule has 0 atom stereocenters. The molecule has 162 valence electrons. The molecule has 3 aromatic rings. The number of benzene rings is 1. The number of aryl methyl sites for hydroxylation is 1. The monoisotopic (exact) mass is 417 g/mol. The summed E-state index contributed by atoms with van der Waals surface area (Å²) in [5.74, 6) is 0.284. The minimum atomic E-state index is 0.284. The number of likely N-dealkylation sites (N-methyl/N-ethyl adjacent to an activating group) is 1. The van der Waals surface area contributed by atoms with Crippen molar-refractivity contribution in [2.24, 2.45) is 4.99 Å². The predicted molar refractivity (Wildman–Crippen MR) is 125 cm³/mol. The number of aliphatic imine (C=N–C) groups is 1. The van der Waals surface area contributed by atoms with Crippen molar-refractivity contribution in [3.8, 4) is 5.75 Å². The van der Waals surface area contributed by atoms with Crippen molar-refractivity contribution in [3.63, 3.8) is 0 Å². The van der Waals surface area contributed by atoms with Gasteiger partial charge in [-0.05, 0) is 56.9 Å². The molecule has 0 aliphatic heterocycles. The van der Waals surface area contributed by atoms with Crippen molar-refractivity contribution < 1.29 is 5.11 Å². The number of rotatable bonds is 10. The largest absolute Gasteiger partial charge is 0.507 e. The summed E-state index contributed by atoms with van der Waals surface area (Å²) in [4.78, 5) is 17.8. The van der Waals surface area contributed by atoms with Crippen LogP contribution in [0.1, 0.15) is 28.1 Å². The van der Waals surface area contributed by atoms with Crippen LogP contribution in [0.2, 0.25) is 0 Å². The Hall–Kier alpha value is -3.09. The van der Waals surface area contributed by atoms with Crippen LogP contribution in [0.15, 0.2) is 65.9 Å². The summed E-state index contributed by atoms with van der Waals surface area (Å²) < 4.78 is 0. The van der Waals surface area contributed by atoms with E-state index in [0.29, 0.717) is 26.2 Å². The summed E-state index contributed by atoms with van der Waals surface area (Å²) in [5, 5.41) is 10.9. The number of aromatic hydroxyl groups is 1. The van der Waals surface area contributed by atoms with Crippen molar-refractivity contribution in [2.45, 2.75) is 26.6 Å². The average Bonchev–Trinajstić information content (AvgIpc) is 2.75. The predicted octanol–water partition coefficient (Wildman–Crippen LogP) is 3.67. The fourth-order valence-corrected chi connectivity index (χ4v) is 3.37. The van der Waals surface area contributed by atoms with Gasteiger partial charge in [-0.3, -0.25) is 19.9 Å². The van der Waals surface area contributed by atoms with Gasteiger partial charge in [0.2, 0.25) is 0 Å². The second kappa shape index (κ2) is 11.3. The minimum Gasteiger partial charge on any atom is -0.507 e. The molecule has 2 aromatic heterocycles. The Morgan fingerprint density at radius 2 is 1.58 bits per heavy atom. The van der Waals surface area contributed by atoms with Crippen LogP contribution in [0.5, 0.6) is 5.75 Å². The van der Waals surface area contributed by atoms with Crippen LogP contribution in [-0.4, -0.2) is 58.3 Å². The zero-order valence-corrected chi connectivity index (χ0v) is 18.6. The minimum absolute atomic E-state index is 0.284. The second-order valence-electron chi connectivity index (χ2n) is 7.99. The maximum absolute atomic E-state index is 10.9. The van der Waals surface area contributed by atoms with E-state index >= 15 is 0 Å². The average molecular weight is 418 g/mol. The standard InChI is InChI=1S/C25H31N5O/c1-20-14-21(16-26-12-13-29(2)3)25(31)22(15-20)17-30(18-23-8-4-6-10-27-23)19-24-9-5-7-11-28-24/h4-11,14-16,31H,12-13,17-19H2,1-3H3. The molecule has 0 fully saturated rings. The van der Waals surface area contributed by atoms with Crippen molar-refractivity contribution in [1.82, 2.24) is 19.8 Å². The molecule has 6 heteroatoms. The second-order valence-corrected chi connectivity index (χ2v) is 7.99. The first-order valence-corrected chi connectivity index (χ1v) is 10.5. The zero-order valence-electron chi connectivity index (χ0n) is 18.6. The molecule has 0 saturated carbocycles. The fraction of sp³-hybridized carbons (Fsp3) is 0.320. The van der Waals surface area contributed by atoms with Crippen LogP contribution < -0.4 is 0 Å². The molecule has 3 rings (SSSR count). The van der Waals surface area contributed by atoms with Gasteiger partial charge in [0.1, 0.15) is 5.75 Å². The molecule has 0 aliphatic rings. The molecule has 0 bridgehead atoms. The zero-order chi connectivity index (χ0) is 22.1. The Kier molecular flexibility index (Phi) is 8.27. The normalized spacial score (nSPS) is 11.6. The molecule has 0 unspecified atom stereocenters. The van der Waals surface area contributed by atoms with Crippen molar-refractivity contribution in [1.29, 1.82) is 0 Å². The number of hydrogen-bond acceptors (Lipinski definition) is 6. The number of hydrogen-bond donors (Lipinski definition) is 1. The Labute approximate surface area is 184 Å². The summed E-state index contributed by atoms with van der Waals surface area (Å²) >= 11 is 0. The van der Waals surface area contributed by atoms with Crippen LogP contribution in [-0.2, 0) is 19.6 Å². The van der Waals surface area contributed by atoms with Gasteiger partial charge >= 0.3 is 0 Å². The Morgan fingerprint density at radius 1 is 0.935 bits per heavy atom. The number of phenolic OH excluding ortho intramolecular Hbond substituents is 1. The van der Waals surface area contributed by atoms with Gasteiger partial charge in [-0.25, -0.2) is 0 Å². The van der Waals surface area contributed by atoms with E-state index in [2.05, 4.69) is 24.8 Å². The van der Waals surface area contributed by atoms with Gasteiger partial charge in [0.15, 0.2) is 0 Å². The number of pyridine rings is 2. The highest BCUT2D eigenvalue weighted by Crippen LogP contribution is 2.26. The van der Waals surface area contributed by atoms with Crippen LogP contribution in [0.3, 0.4) is 0 Å². The molecule has 6 nitrogen and oxygen atoms in total. The van der Waals surface area contributed by atoms with Crippen LogP contribution in [0.4, 0.5) is 0 Å². The molecule has 0 radical (unpaired) electrons. The number of nitrogens with zero attached hydrogens (tertiary/aromatic N) is 5. The van der Waals surface area contributed by atoms with E-state index < -0.39 is 0 Å². The number of phenols is 1. The third-order valence-corrected chi connectivity index (χ3v) is 4.89. The Balaban J connectivity index is 1.82. The van der Waals surface area contributed by atoms with E-state index in [4.69, 9.17) is 0 Å². The lowest BCUT2D eigenvalue weighted by atomic mass is 10.0. The quantitative estimate of drug-likeness (QED) is 0.510. The van der Waals surface area contributed by atoms with Gasteiger partial charge in [0.05, 0.1) is 17.9 Å². The molecule has 0 spiro atoms. The molecule has 0 saturated heterocycles. The van der Waals surface area contributed by atoms with Crippen molar-refractivity contribution in [2.75, 3.05) is 27.2 Å². The molecule has 1 aromatic carbocycles. The third kappa shape index (κ3) is 7.27. The molecule has 0 aliphatic carbocycles. The van der Waals surface area contributed by atoms with E-state index in [9.17, 15) is 5.11 Å². The first-order chi connectivity index (χ1) is 15.0. The Bertz CT molecular complexity index is 932. The first kappa shape index (κ1) is 22.6. The van der Waals surface area contributed by atoms with Crippen molar-refractivity contribution in [3.05, 3.63) is 89.0 Å². The summed E-state index contributed by atoms with van der Waals surface area (Å²) in [5.41, 5.74) is 4.69. The third-order valence-electron chi connectivity index (χ3n) is 4.89. The molecule has 31 heavy (non-hydrogen) atoms. The van der Waals surface area contributed by atoms with E-state index in [1.165, 1.54) is 0 Å². The summed E-state index contributed by atoms with van der Waals surface area (Å²) in [6.07, 6.45) is 5.39. The SMILES string of the molecule is Cc1cc(C=NCCN(C)C)c(O)c(CN(Cc2ccccn2)Cc2ccccn2)c1. The van der Waals surface area contributed by atoms with Gasteiger partial charge in [0, 0.05) is 55.9 Å². The molecular weight excluding hydrogens is 386 g/mol. The van der Waals surface area contributed by atoms with Gasteiger partial charge in [-0.1, -0.05) is 18.2 Å². The highest BCUT2D eigenvalue weighted by Gasteiger charge is 2.14. The summed E-state index contributed by atoms with van der Waals surface area (Å²) in [6, 6.07) is 15.9. The smallest absolute Gasteiger partial charge is 0.128 e. The molecule has 2 heterocycles. The van der Waals surface area contributed by atoms with E-state index in [1.807, 2.05) is 69.6 Å². The van der Waals surface area contributed by atoms with E-state index in [0.717, 1.165) is 34.6 Å². The van der Waals surface area contributed by atoms with Crippen LogP contribution in [0, 0.1) is 6.92 Å². The van der Waals surface area contributed by atoms with Crippen LogP contribution >= 0.6 is 0 Å². The first-order valence-electron chi connectivity index (χ1n) is 10.5. The van der Waals surface area contributed by atoms with Gasteiger partial charge < -0.3 is 10.0 Å². The number of aromatic nitrogens is 2. The maximum atomic E-state index is 10.9. The topological polar surface area (TPSA) is 64.8 Å². The van der Waals surface area contributed by atoms with Crippen LogP contribution in [0.25, 0.3) is 0 Å².